The molecule has 0 saturated carbocycles. The average Bonchev–Trinajstić information content (AvgIpc) is 2.83. The fraction of sp³-hybridized carbons (Fsp3) is 0.214. The highest BCUT2D eigenvalue weighted by Gasteiger charge is 2.18. The molecule has 0 aliphatic carbocycles. The Morgan fingerprint density at radius 1 is 1.26 bits per heavy atom. The number of aryl methyl sites for hydroxylation is 1. The summed E-state index contributed by atoms with van der Waals surface area (Å²) >= 11 is 7.52. The van der Waals surface area contributed by atoms with Crippen LogP contribution < -0.4 is 9.47 Å². The maximum Gasteiger partial charge on any atom is 0.203 e. The predicted molar refractivity (Wildman–Crippen MR) is 77.0 cm³/mol. The normalized spacial score (nSPS) is 10.3. The van der Waals surface area contributed by atoms with Crippen molar-refractivity contribution in [1.29, 1.82) is 0 Å². The molecule has 2 rings (SSSR count). The lowest BCUT2D eigenvalue weighted by atomic mass is 10.1. The molecule has 0 unspecified atom stereocenters. The molecular formula is C14H13ClO3S. The third-order valence-electron chi connectivity index (χ3n) is 2.76. The van der Waals surface area contributed by atoms with E-state index in [1.165, 1.54) is 25.6 Å². The zero-order valence-electron chi connectivity index (χ0n) is 10.8. The Kier molecular flexibility index (Phi) is 4.12. The molecule has 0 amide bonds. The van der Waals surface area contributed by atoms with Gasteiger partial charge in [0.05, 0.1) is 24.1 Å². The van der Waals surface area contributed by atoms with E-state index in [1.54, 1.807) is 12.1 Å². The van der Waals surface area contributed by atoms with Crippen LogP contribution in [-0.4, -0.2) is 20.0 Å². The minimum absolute atomic E-state index is 0.0599. The van der Waals surface area contributed by atoms with Gasteiger partial charge in [-0.1, -0.05) is 11.6 Å². The molecule has 1 aromatic heterocycles. The maximum absolute atomic E-state index is 12.4. The summed E-state index contributed by atoms with van der Waals surface area (Å²) in [5, 5.41) is 2.25. The van der Waals surface area contributed by atoms with Crippen molar-refractivity contribution >= 4 is 28.7 Å². The lowest BCUT2D eigenvalue weighted by Crippen LogP contribution is -2.02. The van der Waals surface area contributed by atoms with E-state index in [0.717, 1.165) is 5.56 Å². The minimum Gasteiger partial charge on any atom is -0.493 e. The summed E-state index contributed by atoms with van der Waals surface area (Å²) in [7, 11) is 3.02. The Labute approximate surface area is 120 Å². The van der Waals surface area contributed by atoms with Gasteiger partial charge in [-0.25, -0.2) is 0 Å². The van der Waals surface area contributed by atoms with E-state index >= 15 is 0 Å². The van der Waals surface area contributed by atoms with Crippen molar-refractivity contribution in [2.24, 2.45) is 0 Å². The van der Waals surface area contributed by atoms with Crippen molar-refractivity contribution in [3.8, 4) is 11.5 Å². The Balaban J connectivity index is 2.49. The Hall–Kier alpha value is -1.52. The fourth-order valence-electron chi connectivity index (χ4n) is 1.79. The van der Waals surface area contributed by atoms with Crippen molar-refractivity contribution in [3.05, 3.63) is 44.6 Å². The van der Waals surface area contributed by atoms with Crippen LogP contribution in [0.5, 0.6) is 11.5 Å². The molecule has 0 aliphatic rings. The molecule has 1 heterocycles. The number of hydrogen-bond acceptors (Lipinski definition) is 4. The van der Waals surface area contributed by atoms with Gasteiger partial charge in [-0.15, -0.1) is 11.3 Å². The van der Waals surface area contributed by atoms with Crippen molar-refractivity contribution in [2.45, 2.75) is 6.92 Å². The summed E-state index contributed by atoms with van der Waals surface area (Å²) < 4.78 is 10.3. The molecule has 0 saturated heterocycles. The molecule has 5 heteroatoms. The minimum atomic E-state index is -0.0599. The highest BCUT2D eigenvalue weighted by Crippen LogP contribution is 2.37. The predicted octanol–water partition coefficient (Wildman–Crippen LogP) is 3.96. The second-order valence-electron chi connectivity index (χ2n) is 3.96. The number of ketones is 1. The summed E-state index contributed by atoms with van der Waals surface area (Å²) in [5.74, 6) is 0.825. The molecule has 0 fully saturated rings. The molecule has 100 valence electrons. The number of benzene rings is 1. The van der Waals surface area contributed by atoms with E-state index < -0.39 is 0 Å². The summed E-state index contributed by atoms with van der Waals surface area (Å²) in [4.78, 5) is 13.1. The molecule has 3 nitrogen and oxygen atoms in total. The Morgan fingerprint density at radius 2 is 2.00 bits per heavy atom. The van der Waals surface area contributed by atoms with Crippen LogP contribution in [0.1, 0.15) is 20.8 Å². The number of ether oxygens (including phenoxy) is 2. The molecular weight excluding hydrogens is 284 g/mol. The molecule has 0 bridgehead atoms. The smallest absolute Gasteiger partial charge is 0.203 e. The monoisotopic (exact) mass is 296 g/mol. The van der Waals surface area contributed by atoms with Gasteiger partial charge in [0.15, 0.2) is 11.5 Å². The van der Waals surface area contributed by atoms with Gasteiger partial charge in [-0.2, -0.15) is 0 Å². The number of carbonyl (C=O) groups is 1. The topological polar surface area (TPSA) is 35.5 Å². The SMILES string of the molecule is COc1cc(C(=O)c2sccc2C)cc(Cl)c1OC. The fourth-order valence-corrected chi connectivity index (χ4v) is 2.96. The van der Waals surface area contributed by atoms with Gasteiger partial charge in [0.2, 0.25) is 5.78 Å². The molecule has 0 N–H and O–H groups in total. The van der Waals surface area contributed by atoms with Crippen molar-refractivity contribution in [3.63, 3.8) is 0 Å². The van der Waals surface area contributed by atoms with Crippen LogP contribution in [0.2, 0.25) is 5.02 Å². The Morgan fingerprint density at radius 3 is 2.53 bits per heavy atom. The first kappa shape index (κ1) is 13.9. The van der Waals surface area contributed by atoms with Gasteiger partial charge in [-0.3, -0.25) is 4.79 Å². The van der Waals surface area contributed by atoms with E-state index in [2.05, 4.69) is 0 Å². The zero-order chi connectivity index (χ0) is 14.0. The van der Waals surface area contributed by atoms with Gasteiger partial charge in [-0.05, 0) is 36.1 Å². The number of methoxy groups -OCH3 is 2. The van der Waals surface area contributed by atoms with Crippen LogP contribution in [0.15, 0.2) is 23.6 Å². The van der Waals surface area contributed by atoms with E-state index in [9.17, 15) is 4.79 Å². The van der Waals surface area contributed by atoms with Crippen LogP contribution >= 0.6 is 22.9 Å². The maximum atomic E-state index is 12.4. The van der Waals surface area contributed by atoms with Crippen molar-refractivity contribution < 1.29 is 14.3 Å². The van der Waals surface area contributed by atoms with Gasteiger partial charge >= 0.3 is 0 Å². The van der Waals surface area contributed by atoms with Crippen LogP contribution in [0, 0.1) is 6.92 Å². The number of hydrogen-bond donors (Lipinski definition) is 0. The van der Waals surface area contributed by atoms with Gasteiger partial charge in [0, 0.05) is 5.56 Å². The molecule has 1 aromatic carbocycles. The van der Waals surface area contributed by atoms with Crippen molar-refractivity contribution in [2.75, 3.05) is 14.2 Å². The second kappa shape index (κ2) is 5.63. The van der Waals surface area contributed by atoms with Crippen LogP contribution in [0.4, 0.5) is 0 Å². The summed E-state index contributed by atoms with van der Waals surface area (Å²) in [6, 6.07) is 5.16. The standard InChI is InChI=1S/C14H13ClO3S/c1-8-4-5-19-14(8)12(16)9-6-10(15)13(18-3)11(7-9)17-2/h4-7H,1-3H3. The molecule has 0 aliphatic heterocycles. The first-order valence-corrected chi connectivity index (χ1v) is 6.84. The van der Waals surface area contributed by atoms with Gasteiger partial charge in [0.25, 0.3) is 0 Å². The third-order valence-corrected chi connectivity index (χ3v) is 4.06. The molecule has 0 spiro atoms. The van der Waals surface area contributed by atoms with Crippen molar-refractivity contribution in [1.82, 2.24) is 0 Å². The summed E-state index contributed by atoms with van der Waals surface area (Å²) in [5.41, 5.74) is 1.45. The first-order valence-electron chi connectivity index (χ1n) is 5.58. The highest BCUT2D eigenvalue weighted by atomic mass is 35.5. The Bertz CT molecular complexity index is 619. The van der Waals surface area contributed by atoms with E-state index in [-0.39, 0.29) is 5.78 Å². The molecule has 19 heavy (non-hydrogen) atoms. The van der Waals surface area contributed by atoms with E-state index in [0.29, 0.717) is 27.0 Å². The molecule has 2 aromatic rings. The number of carbonyl (C=O) groups excluding carboxylic acids is 1. The summed E-state index contributed by atoms with van der Waals surface area (Å²) in [6.45, 7) is 1.91. The number of halogens is 1. The summed E-state index contributed by atoms with van der Waals surface area (Å²) in [6.07, 6.45) is 0. The molecule has 0 radical (unpaired) electrons. The van der Waals surface area contributed by atoms with E-state index in [4.69, 9.17) is 21.1 Å². The van der Waals surface area contributed by atoms with Crippen LogP contribution in [0.25, 0.3) is 0 Å². The van der Waals surface area contributed by atoms with Gasteiger partial charge in [0.1, 0.15) is 0 Å². The van der Waals surface area contributed by atoms with Gasteiger partial charge < -0.3 is 9.47 Å². The first-order chi connectivity index (χ1) is 9.08. The molecule has 0 atom stereocenters. The number of thiophene rings is 1. The van der Waals surface area contributed by atoms with Crippen LogP contribution in [0.3, 0.4) is 0 Å². The van der Waals surface area contributed by atoms with E-state index in [1.807, 2.05) is 18.4 Å². The zero-order valence-corrected chi connectivity index (χ0v) is 12.4. The third kappa shape index (κ3) is 2.60. The quantitative estimate of drug-likeness (QED) is 0.801. The lowest BCUT2D eigenvalue weighted by molar-refractivity contribution is 0.104. The lowest BCUT2D eigenvalue weighted by Gasteiger charge is -2.11. The van der Waals surface area contributed by atoms with Crippen LogP contribution in [-0.2, 0) is 0 Å². The highest BCUT2D eigenvalue weighted by molar-refractivity contribution is 7.12. The second-order valence-corrected chi connectivity index (χ2v) is 5.28. The average molecular weight is 297 g/mol. The largest absolute Gasteiger partial charge is 0.493 e. The number of rotatable bonds is 4.